The minimum atomic E-state index is -0.483. The Hall–Kier alpha value is -3.79. The molecule has 1 fully saturated rings. The van der Waals surface area contributed by atoms with Gasteiger partial charge >= 0.3 is 0 Å². The molecule has 2 aromatic carbocycles. The number of aromatic nitrogens is 2. The molecule has 1 amide bonds. The van der Waals surface area contributed by atoms with E-state index in [-0.39, 0.29) is 36.0 Å². The van der Waals surface area contributed by atoms with E-state index >= 15 is 0 Å². The van der Waals surface area contributed by atoms with Gasteiger partial charge in [0.1, 0.15) is 5.82 Å². The highest BCUT2D eigenvalue weighted by atomic mass is 19.1. The van der Waals surface area contributed by atoms with Crippen molar-refractivity contribution >= 4 is 17.3 Å². The monoisotopic (exact) mass is 453 g/mol. The fourth-order valence-electron chi connectivity index (χ4n) is 3.88. The predicted octanol–water partition coefficient (Wildman–Crippen LogP) is 3.46. The van der Waals surface area contributed by atoms with Crippen LogP contribution in [0.3, 0.4) is 0 Å². The molecule has 33 heavy (non-hydrogen) atoms. The molecular formula is C23H24FN5O4. The Labute approximate surface area is 189 Å². The Morgan fingerprint density at radius 2 is 1.88 bits per heavy atom. The van der Waals surface area contributed by atoms with Crippen LogP contribution in [0, 0.1) is 15.9 Å². The molecule has 1 aromatic heterocycles. The molecule has 0 saturated carbocycles. The number of morpholine rings is 1. The van der Waals surface area contributed by atoms with Gasteiger partial charge in [-0.25, -0.2) is 9.07 Å². The minimum Gasteiger partial charge on any atom is -0.372 e. The van der Waals surface area contributed by atoms with Crippen molar-refractivity contribution in [1.29, 1.82) is 0 Å². The number of anilines is 1. The normalized spacial score (nSPS) is 18.2. The zero-order chi connectivity index (χ0) is 23.5. The van der Waals surface area contributed by atoms with E-state index in [1.807, 2.05) is 18.7 Å². The third-order valence-corrected chi connectivity index (χ3v) is 5.37. The summed E-state index contributed by atoms with van der Waals surface area (Å²) in [7, 11) is 0. The first-order chi connectivity index (χ1) is 15.8. The van der Waals surface area contributed by atoms with Crippen LogP contribution in [0.25, 0.3) is 5.69 Å². The first-order valence-electron chi connectivity index (χ1n) is 10.6. The van der Waals surface area contributed by atoms with Crippen molar-refractivity contribution in [2.75, 3.05) is 18.0 Å². The van der Waals surface area contributed by atoms with Gasteiger partial charge in [-0.15, -0.1) is 0 Å². The number of amides is 1. The van der Waals surface area contributed by atoms with E-state index in [0.717, 1.165) is 0 Å². The smallest absolute Gasteiger partial charge is 0.272 e. The summed E-state index contributed by atoms with van der Waals surface area (Å²) in [5.41, 5.74) is 1.90. The number of benzene rings is 2. The van der Waals surface area contributed by atoms with Gasteiger partial charge in [0, 0.05) is 38.0 Å². The molecule has 1 saturated heterocycles. The summed E-state index contributed by atoms with van der Waals surface area (Å²) in [6.45, 7) is 5.32. The van der Waals surface area contributed by atoms with E-state index in [1.54, 1.807) is 36.5 Å². The predicted molar refractivity (Wildman–Crippen MR) is 120 cm³/mol. The van der Waals surface area contributed by atoms with Gasteiger partial charge in [0.15, 0.2) is 5.69 Å². The summed E-state index contributed by atoms with van der Waals surface area (Å²) in [6.07, 6.45) is 1.64. The summed E-state index contributed by atoms with van der Waals surface area (Å²) in [6, 6.07) is 12.3. The number of nitrogens with zero attached hydrogens (tertiary/aromatic N) is 4. The first-order valence-corrected chi connectivity index (χ1v) is 10.6. The maximum Gasteiger partial charge on any atom is 0.272 e. The lowest BCUT2D eigenvalue weighted by Gasteiger charge is -2.37. The van der Waals surface area contributed by atoms with Crippen molar-refractivity contribution in [2.45, 2.75) is 32.6 Å². The minimum absolute atomic E-state index is 0.0259. The average Bonchev–Trinajstić information content (AvgIpc) is 3.27. The number of nitrogens with one attached hydrogen (secondary N) is 1. The third kappa shape index (κ3) is 5.17. The fourth-order valence-corrected chi connectivity index (χ4v) is 3.88. The van der Waals surface area contributed by atoms with Crippen molar-refractivity contribution in [3.8, 4) is 5.69 Å². The standard InChI is InChI=1S/C23H24FN5O4/c1-15-13-27(14-16(2)33-15)22-8-3-17(11-20(22)24)12-25-23(30)21-9-10-28(26-21)18-4-6-19(7-5-18)29(31)32/h3-11,15-16H,12-14H2,1-2H3,(H,25,30). The summed E-state index contributed by atoms with van der Waals surface area (Å²) >= 11 is 0. The van der Waals surface area contributed by atoms with Crippen LogP contribution in [0.4, 0.5) is 15.8 Å². The Bertz CT molecular complexity index is 1150. The Kier molecular flexibility index (Phi) is 6.36. The lowest BCUT2D eigenvalue weighted by atomic mass is 10.1. The molecule has 2 atom stereocenters. The van der Waals surface area contributed by atoms with Crippen molar-refractivity contribution in [1.82, 2.24) is 15.1 Å². The van der Waals surface area contributed by atoms with Gasteiger partial charge in [0.05, 0.1) is 28.5 Å². The number of ether oxygens (including phenoxy) is 1. The molecular weight excluding hydrogens is 429 g/mol. The molecule has 10 heteroatoms. The van der Waals surface area contributed by atoms with Crippen molar-refractivity contribution < 1.29 is 18.8 Å². The zero-order valence-electron chi connectivity index (χ0n) is 18.3. The van der Waals surface area contributed by atoms with Crippen LogP contribution in [-0.2, 0) is 11.3 Å². The quantitative estimate of drug-likeness (QED) is 0.453. The maximum absolute atomic E-state index is 14.8. The van der Waals surface area contributed by atoms with E-state index in [2.05, 4.69) is 10.4 Å². The highest BCUT2D eigenvalue weighted by Crippen LogP contribution is 2.24. The lowest BCUT2D eigenvalue weighted by molar-refractivity contribution is -0.384. The molecule has 0 aliphatic carbocycles. The van der Waals surface area contributed by atoms with Gasteiger partial charge in [-0.2, -0.15) is 5.10 Å². The number of carbonyl (C=O) groups is 1. The Balaban J connectivity index is 1.38. The number of nitro groups is 1. The van der Waals surface area contributed by atoms with Gasteiger partial charge in [-0.3, -0.25) is 14.9 Å². The Morgan fingerprint density at radius 1 is 1.18 bits per heavy atom. The van der Waals surface area contributed by atoms with Crippen LogP contribution in [0.1, 0.15) is 29.9 Å². The zero-order valence-corrected chi connectivity index (χ0v) is 18.3. The largest absolute Gasteiger partial charge is 0.372 e. The number of hydrogen-bond acceptors (Lipinski definition) is 6. The topological polar surface area (TPSA) is 103 Å². The number of nitro benzene ring substituents is 1. The lowest BCUT2D eigenvalue weighted by Crippen LogP contribution is -2.45. The van der Waals surface area contributed by atoms with Gasteiger partial charge in [0.2, 0.25) is 0 Å². The molecule has 3 aromatic rings. The molecule has 172 valence electrons. The molecule has 0 spiro atoms. The number of hydrogen-bond donors (Lipinski definition) is 1. The molecule has 1 aliphatic heterocycles. The van der Waals surface area contributed by atoms with E-state index in [9.17, 15) is 19.3 Å². The Morgan fingerprint density at radius 3 is 2.52 bits per heavy atom. The van der Waals surface area contributed by atoms with E-state index in [0.29, 0.717) is 30.0 Å². The highest BCUT2D eigenvalue weighted by Gasteiger charge is 2.24. The molecule has 0 bridgehead atoms. The van der Waals surface area contributed by atoms with Gasteiger partial charge < -0.3 is 15.0 Å². The number of rotatable bonds is 6. The highest BCUT2D eigenvalue weighted by molar-refractivity contribution is 5.92. The van der Waals surface area contributed by atoms with Crippen LogP contribution in [0.2, 0.25) is 0 Å². The summed E-state index contributed by atoms with van der Waals surface area (Å²) in [5.74, 6) is -0.749. The number of halogens is 1. The van der Waals surface area contributed by atoms with Gasteiger partial charge in [-0.1, -0.05) is 6.07 Å². The van der Waals surface area contributed by atoms with Crippen molar-refractivity contribution in [3.05, 3.63) is 81.9 Å². The summed E-state index contributed by atoms with van der Waals surface area (Å²) in [5, 5.41) is 17.7. The van der Waals surface area contributed by atoms with Crippen LogP contribution in [0.5, 0.6) is 0 Å². The van der Waals surface area contributed by atoms with Crippen LogP contribution < -0.4 is 10.2 Å². The van der Waals surface area contributed by atoms with Crippen molar-refractivity contribution in [3.63, 3.8) is 0 Å². The second-order valence-electron chi connectivity index (χ2n) is 8.05. The molecule has 4 rings (SSSR count). The van der Waals surface area contributed by atoms with Crippen LogP contribution in [0.15, 0.2) is 54.7 Å². The fraction of sp³-hybridized carbons (Fsp3) is 0.304. The molecule has 2 heterocycles. The molecule has 0 radical (unpaired) electrons. The summed E-state index contributed by atoms with van der Waals surface area (Å²) < 4.78 is 21.9. The molecule has 9 nitrogen and oxygen atoms in total. The second kappa shape index (κ2) is 9.37. The third-order valence-electron chi connectivity index (χ3n) is 5.37. The maximum atomic E-state index is 14.8. The average molecular weight is 453 g/mol. The molecule has 1 aliphatic rings. The first kappa shape index (κ1) is 22.4. The second-order valence-corrected chi connectivity index (χ2v) is 8.05. The number of non-ortho nitro benzene ring substituents is 1. The van der Waals surface area contributed by atoms with Crippen molar-refractivity contribution in [2.24, 2.45) is 0 Å². The molecule has 2 unspecified atom stereocenters. The van der Waals surface area contributed by atoms with Gasteiger partial charge in [0.25, 0.3) is 11.6 Å². The van der Waals surface area contributed by atoms with E-state index in [1.165, 1.54) is 22.9 Å². The molecule has 1 N–H and O–H groups in total. The van der Waals surface area contributed by atoms with Crippen LogP contribution >= 0.6 is 0 Å². The van der Waals surface area contributed by atoms with Crippen LogP contribution in [-0.4, -0.2) is 45.9 Å². The summed E-state index contributed by atoms with van der Waals surface area (Å²) in [4.78, 5) is 24.8. The van der Waals surface area contributed by atoms with E-state index in [4.69, 9.17) is 4.74 Å². The van der Waals surface area contributed by atoms with E-state index < -0.39 is 10.8 Å². The number of carbonyl (C=O) groups excluding carboxylic acids is 1. The SMILES string of the molecule is CC1CN(c2ccc(CNC(=O)c3ccn(-c4ccc([N+](=O)[O-])cc4)n3)cc2F)CC(C)O1. The van der Waals surface area contributed by atoms with Gasteiger partial charge in [-0.05, 0) is 49.7 Å².